The zero-order chi connectivity index (χ0) is 34.5. The average Bonchev–Trinajstić information content (AvgIpc) is 3.52. The second kappa shape index (κ2) is 12.5. The maximum Gasteiger partial charge on any atom is 0.0714 e. The Morgan fingerprint density at radius 3 is 1.94 bits per heavy atom. The molecule has 0 N–H and O–H groups in total. The van der Waals surface area contributed by atoms with Crippen LogP contribution in [0, 0.1) is 5.92 Å². The van der Waals surface area contributed by atoms with Crippen LogP contribution in [0.5, 0.6) is 0 Å². The van der Waals surface area contributed by atoms with Crippen LogP contribution in [0.2, 0.25) is 0 Å². The van der Waals surface area contributed by atoms with E-state index in [1.807, 2.05) is 0 Å². The lowest BCUT2D eigenvalue weighted by molar-refractivity contribution is 0.686. The summed E-state index contributed by atoms with van der Waals surface area (Å²) in [5.74, 6) is 0.350. The van der Waals surface area contributed by atoms with Crippen LogP contribution < -0.4 is 4.90 Å². The molecule has 0 saturated carbocycles. The van der Waals surface area contributed by atoms with Crippen LogP contribution in [0.15, 0.2) is 217 Å². The fourth-order valence-electron chi connectivity index (χ4n) is 9.25. The molecule has 0 radical (unpaired) electrons. The van der Waals surface area contributed by atoms with E-state index in [1.54, 1.807) is 0 Å². The molecule has 6 aromatic rings. The van der Waals surface area contributed by atoms with E-state index in [4.69, 9.17) is 0 Å². The molecule has 248 valence electrons. The minimum atomic E-state index is -0.462. The Bertz CT molecular complexity index is 2440. The van der Waals surface area contributed by atoms with Crippen LogP contribution in [0.3, 0.4) is 0 Å². The molecule has 0 fully saturated rings. The quantitative estimate of drug-likeness (QED) is 0.171. The molecule has 1 atom stereocenters. The molecular weight excluding hydrogens is 627 g/mol. The normalized spacial score (nSPS) is 17.7. The van der Waals surface area contributed by atoms with Crippen molar-refractivity contribution in [1.29, 1.82) is 0 Å². The van der Waals surface area contributed by atoms with Crippen molar-refractivity contribution in [3.63, 3.8) is 0 Å². The average molecular weight is 666 g/mol. The summed E-state index contributed by atoms with van der Waals surface area (Å²) < 4.78 is 0. The van der Waals surface area contributed by atoms with Crippen molar-refractivity contribution in [1.82, 2.24) is 0 Å². The molecule has 1 unspecified atom stereocenters. The van der Waals surface area contributed by atoms with Gasteiger partial charge in [0.15, 0.2) is 0 Å². The van der Waals surface area contributed by atoms with Gasteiger partial charge in [-0.3, -0.25) is 0 Å². The smallest absolute Gasteiger partial charge is 0.0714 e. The first kappa shape index (κ1) is 30.6. The minimum Gasteiger partial charge on any atom is -0.314 e. The monoisotopic (exact) mass is 665 g/mol. The van der Waals surface area contributed by atoms with Crippen LogP contribution in [0.1, 0.15) is 41.5 Å². The van der Waals surface area contributed by atoms with Gasteiger partial charge in [-0.25, -0.2) is 0 Å². The molecule has 0 bridgehead atoms. The fourth-order valence-corrected chi connectivity index (χ4v) is 9.25. The standard InChI is InChI=1S/C51H39N/c1-4-15-36(16-5-1)39-18-14-23-42(33-39)52(43-30-29-38-28-27-37-17-10-11-24-45(37)48(38)34-43)44-31-32-47-46-25-12-13-26-49(46)51(50(47)35-44,40-19-6-2-7-20-40)41-21-8-3-9-22-41/h1-9,12-33,35,48H,10-11,34H2. The first-order valence-electron chi connectivity index (χ1n) is 18.6. The SMILES string of the molecule is C1=CC2=CC=C(N(c3cccc(-c4ccccc4)c3)c3ccc4c(c3)C(c3ccccc3)(c3ccccc3)c3ccccc3-4)CC2C2=CCCC=C12. The van der Waals surface area contributed by atoms with Crippen molar-refractivity contribution in [3.05, 3.63) is 239 Å². The zero-order valence-corrected chi connectivity index (χ0v) is 29.1. The molecule has 0 aliphatic heterocycles. The second-order valence-electron chi connectivity index (χ2n) is 14.3. The number of benzene rings is 6. The van der Waals surface area contributed by atoms with Crippen LogP contribution in [-0.4, -0.2) is 0 Å². The van der Waals surface area contributed by atoms with Gasteiger partial charge in [-0.1, -0.05) is 164 Å². The van der Waals surface area contributed by atoms with Crippen LogP contribution in [0.4, 0.5) is 11.4 Å². The maximum atomic E-state index is 2.54. The summed E-state index contributed by atoms with van der Waals surface area (Å²) >= 11 is 0. The van der Waals surface area contributed by atoms with Crippen molar-refractivity contribution in [2.24, 2.45) is 5.92 Å². The Morgan fingerprint density at radius 2 is 1.15 bits per heavy atom. The van der Waals surface area contributed by atoms with Gasteiger partial charge in [-0.2, -0.15) is 0 Å². The lowest BCUT2D eigenvalue weighted by Crippen LogP contribution is -2.29. The highest BCUT2D eigenvalue weighted by molar-refractivity contribution is 5.89. The summed E-state index contributed by atoms with van der Waals surface area (Å²) in [6.07, 6.45) is 17.5. The Morgan fingerprint density at radius 1 is 0.500 bits per heavy atom. The number of allylic oxidation sites excluding steroid dienone is 10. The Kier molecular flexibility index (Phi) is 7.39. The van der Waals surface area contributed by atoms with Gasteiger partial charge >= 0.3 is 0 Å². The number of fused-ring (bicyclic) bond motifs is 6. The van der Waals surface area contributed by atoms with Crippen molar-refractivity contribution in [2.45, 2.75) is 24.7 Å². The fraction of sp³-hybridized carbons (Fsp3) is 0.0980. The van der Waals surface area contributed by atoms with Crippen LogP contribution >= 0.6 is 0 Å². The summed E-state index contributed by atoms with van der Waals surface area (Å²) in [4.78, 5) is 2.54. The highest BCUT2D eigenvalue weighted by Crippen LogP contribution is 2.57. The molecule has 0 aromatic heterocycles. The highest BCUT2D eigenvalue weighted by atomic mass is 15.1. The van der Waals surface area contributed by atoms with E-state index in [0.29, 0.717) is 5.92 Å². The highest BCUT2D eigenvalue weighted by Gasteiger charge is 2.46. The van der Waals surface area contributed by atoms with Gasteiger partial charge in [0.1, 0.15) is 0 Å². The number of hydrogen-bond acceptors (Lipinski definition) is 1. The number of hydrogen-bond donors (Lipinski definition) is 0. The van der Waals surface area contributed by atoms with Crippen molar-refractivity contribution in [2.75, 3.05) is 4.90 Å². The van der Waals surface area contributed by atoms with Gasteiger partial charge in [0.05, 0.1) is 5.41 Å². The molecule has 0 heterocycles. The van der Waals surface area contributed by atoms with Gasteiger partial charge in [-0.15, -0.1) is 0 Å². The third-order valence-corrected chi connectivity index (χ3v) is 11.5. The predicted molar refractivity (Wildman–Crippen MR) is 217 cm³/mol. The molecule has 0 spiro atoms. The number of anilines is 2. The first-order valence-corrected chi connectivity index (χ1v) is 18.6. The number of nitrogens with zero attached hydrogens (tertiary/aromatic N) is 1. The maximum absolute atomic E-state index is 2.54. The molecule has 52 heavy (non-hydrogen) atoms. The van der Waals surface area contributed by atoms with Crippen molar-refractivity contribution < 1.29 is 0 Å². The van der Waals surface area contributed by atoms with Gasteiger partial charge in [-0.05, 0) is 111 Å². The Labute approximate surface area is 306 Å². The molecule has 0 saturated heterocycles. The summed E-state index contributed by atoms with van der Waals surface area (Å²) in [6.45, 7) is 0. The van der Waals surface area contributed by atoms with E-state index in [9.17, 15) is 0 Å². The summed E-state index contributed by atoms with van der Waals surface area (Å²) in [7, 11) is 0. The van der Waals surface area contributed by atoms with Crippen molar-refractivity contribution in [3.8, 4) is 22.3 Å². The second-order valence-corrected chi connectivity index (χ2v) is 14.3. The third kappa shape index (κ3) is 4.84. The summed E-state index contributed by atoms with van der Waals surface area (Å²) in [5.41, 5.74) is 17.7. The van der Waals surface area contributed by atoms with Gasteiger partial charge in [0, 0.05) is 23.0 Å². The molecule has 1 heteroatoms. The minimum absolute atomic E-state index is 0.350. The molecule has 4 aliphatic carbocycles. The molecular formula is C51H39N. The lowest BCUT2D eigenvalue weighted by Gasteiger charge is -2.37. The van der Waals surface area contributed by atoms with E-state index in [1.165, 1.54) is 78.3 Å². The predicted octanol–water partition coefficient (Wildman–Crippen LogP) is 12.9. The molecule has 4 aliphatic rings. The topological polar surface area (TPSA) is 3.24 Å². The van der Waals surface area contributed by atoms with E-state index in [2.05, 4.69) is 199 Å². The molecule has 1 nitrogen and oxygen atoms in total. The van der Waals surface area contributed by atoms with Gasteiger partial charge in [0.2, 0.25) is 0 Å². The van der Waals surface area contributed by atoms with Gasteiger partial charge in [0.25, 0.3) is 0 Å². The first-order chi connectivity index (χ1) is 25.8. The van der Waals surface area contributed by atoms with Crippen molar-refractivity contribution >= 4 is 11.4 Å². The summed E-state index contributed by atoms with van der Waals surface area (Å²) in [5, 5.41) is 0. The van der Waals surface area contributed by atoms with Gasteiger partial charge < -0.3 is 4.90 Å². The Balaban J connectivity index is 1.20. The molecule has 6 aromatic carbocycles. The largest absolute Gasteiger partial charge is 0.314 e. The third-order valence-electron chi connectivity index (χ3n) is 11.5. The van der Waals surface area contributed by atoms with Crippen LogP contribution in [-0.2, 0) is 5.41 Å². The van der Waals surface area contributed by atoms with E-state index in [0.717, 1.165) is 19.3 Å². The van der Waals surface area contributed by atoms with E-state index in [-0.39, 0.29) is 0 Å². The molecule has 0 amide bonds. The van der Waals surface area contributed by atoms with Crippen LogP contribution in [0.25, 0.3) is 22.3 Å². The Hall–Kier alpha value is -6.18. The lowest BCUT2D eigenvalue weighted by atomic mass is 9.67. The van der Waals surface area contributed by atoms with E-state index < -0.39 is 5.41 Å². The molecule has 10 rings (SSSR count). The zero-order valence-electron chi connectivity index (χ0n) is 29.1. The number of rotatable bonds is 6. The summed E-state index contributed by atoms with van der Waals surface area (Å²) in [6, 6.07) is 58.3. The van der Waals surface area contributed by atoms with E-state index >= 15 is 0 Å².